The van der Waals surface area contributed by atoms with Crippen molar-refractivity contribution in [1.82, 2.24) is 10.2 Å². The van der Waals surface area contributed by atoms with Crippen molar-refractivity contribution >= 4 is 5.91 Å². The Kier molecular flexibility index (Phi) is 4.33. The van der Waals surface area contributed by atoms with E-state index in [2.05, 4.69) is 11.4 Å². The molecule has 0 aliphatic carbocycles. The molecule has 1 heterocycles. The second-order valence-electron chi connectivity index (χ2n) is 6.25. The van der Waals surface area contributed by atoms with Gasteiger partial charge >= 0.3 is 0 Å². The van der Waals surface area contributed by atoms with Gasteiger partial charge < -0.3 is 15.0 Å². The van der Waals surface area contributed by atoms with Gasteiger partial charge in [-0.1, -0.05) is 39.0 Å². The zero-order valence-corrected chi connectivity index (χ0v) is 12.8. The fraction of sp³-hybridized carbons (Fsp3) is 0.562. The lowest BCUT2D eigenvalue weighted by Crippen LogP contribution is -2.51. The molecule has 1 aromatic carbocycles. The second-order valence-corrected chi connectivity index (χ2v) is 6.25. The molecule has 0 saturated carbocycles. The summed E-state index contributed by atoms with van der Waals surface area (Å²) in [4.78, 5) is 14.4. The van der Waals surface area contributed by atoms with Crippen molar-refractivity contribution < 1.29 is 9.53 Å². The van der Waals surface area contributed by atoms with Crippen LogP contribution in [0.1, 0.15) is 32.4 Å². The summed E-state index contributed by atoms with van der Waals surface area (Å²) in [6, 6.07) is 8.11. The van der Waals surface area contributed by atoms with Crippen molar-refractivity contribution in [2.75, 3.05) is 26.7 Å². The zero-order valence-electron chi connectivity index (χ0n) is 12.8. The van der Waals surface area contributed by atoms with E-state index in [1.807, 2.05) is 43.9 Å². The van der Waals surface area contributed by atoms with Crippen LogP contribution in [-0.2, 0) is 4.79 Å². The molecule has 20 heavy (non-hydrogen) atoms. The van der Waals surface area contributed by atoms with Gasteiger partial charge in [0.2, 0.25) is 5.91 Å². The maximum Gasteiger partial charge on any atom is 0.228 e. The molecule has 1 unspecified atom stereocenters. The molecule has 2 rings (SSSR count). The van der Waals surface area contributed by atoms with Gasteiger partial charge in [0.15, 0.2) is 0 Å². The smallest absolute Gasteiger partial charge is 0.228 e. The Morgan fingerprint density at radius 3 is 2.70 bits per heavy atom. The second kappa shape index (κ2) is 5.83. The van der Waals surface area contributed by atoms with Crippen molar-refractivity contribution in [3.05, 3.63) is 29.8 Å². The molecule has 1 amide bonds. The van der Waals surface area contributed by atoms with Gasteiger partial charge in [-0.05, 0) is 6.07 Å². The van der Waals surface area contributed by atoms with Crippen molar-refractivity contribution in [2.24, 2.45) is 5.41 Å². The number of carbonyl (C=O) groups excluding carboxylic acids is 1. The fourth-order valence-corrected chi connectivity index (χ4v) is 2.57. The lowest BCUT2D eigenvalue weighted by atomic mass is 9.93. The number of piperazine rings is 1. The predicted molar refractivity (Wildman–Crippen MR) is 79.8 cm³/mol. The number of benzene rings is 1. The Labute approximate surface area is 121 Å². The van der Waals surface area contributed by atoms with Crippen LogP contribution in [0.5, 0.6) is 5.75 Å². The molecule has 4 nitrogen and oxygen atoms in total. The molecule has 1 aliphatic rings. The first-order valence-corrected chi connectivity index (χ1v) is 7.09. The highest BCUT2D eigenvalue weighted by Crippen LogP contribution is 2.28. The van der Waals surface area contributed by atoms with Gasteiger partial charge in [0.1, 0.15) is 5.75 Å². The summed E-state index contributed by atoms with van der Waals surface area (Å²) < 4.78 is 5.42. The van der Waals surface area contributed by atoms with E-state index in [1.165, 1.54) is 0 Å². The first-order valence-electron chi connectivity index (χ1n) is 7.09. The monoisotopic (exact) mass is 276 g/mol. The minimum atomic E-state index is -0.331. The number of methoxy groups -OCH3 is 1. The van der Waals surface area contributed by atoms with E-state index in [9.17, 15) is 4.79 Å². The highest BCUT2D eigenvalue weighted by atomic mass is 16.5. The van der Waals surface area contributed by atoms with Crippen LogP contribution in [0.4, 0.5) is 0 Å². The van der Waals surface area contributed by atoms with Crippen LogP contribution in [0, 0.1) is 5.41 Å². The van der Waals surface area contributed by atoms with Crippen molar-refractivity contribution in [3.63, 3.8) is 0 Å². The lowest BCUT2D eigenvalue weighted by Gasteiger charge is -2.37. The number of ether oxygens (including phenoxy) is 1. The third kappa shape index (κ3) is 3.12. The Hall–Kier alpha value is -1.55. The molecule has 1 N–H and O–H groups in total. The molecule has 4 heteroatoms. The number of nitrogens with zero attached hydrogens (tertiary/aromatic N) is 1. The molecule has 110 valence electrons. The molecule has 1 aliphatic heterocycles. The van der Waals surface area contributed by atoms with Crippen LogP contribution < -0.4 is 10.1 Å². The number of hydrogen-bond acceptors (Lipinski definition) is 3. The van der Waals surface area contributed by atoms with Crippen LogP contribution in [0.3, 0.4) is 0 Å². The summed E-state index contributed by atoms with van der Waals surface area (Å²) in [6.45, 7) is 8.17. The quantitative estimate of drug-likeness (QED) is 0.900. The Morgan fingerprint density at radius 1 is 1.35 bits per heavy atom. The number of para-hydroxylation sites is 1. The maximum absolute atomic E-state index is 12.4. The Bertz CT molecular complexity index is 480. The average molecular weight is 276 g/mol. The number of amides is 1. The number of nitrogens with one attached hydrogen (secondary N) is 1. The summed E-state index contributed by atoms with van der Waals surface area (Å²) in [6.07, 6.45) is 0. The Morgan fingerprint density at radius 2 is 2.05 bits per heavy atom. The summed E-state index contributed by atoms with van der Waals surface area (Å²) in [5.74, 6) is 1.08. The van der Waals surface area contributed by atoms with Crippen LogP contribution in [0.25, 0.3) is 0 Å². The molecule has 1 fully saturated rings. The summed E-state index contributed by atoms with van der Waals surface area (Å²) in [7, 11) is 1.68. The van der Waals surface area contributed by atoms with E-state index in [0.717, 1.165) is 24.4 Å². The van der Waals surface area contributed by atoms with Crippen LogP contribution in [-0.4, -0.2) is 37.6 Å². The predicted octanol–water partition coefficient (Wildman–Crippen LogP) is 2.21. The molecular weight excluding hydrogens is 252 g/mol. The standard InChI is InChI=1S/C16H24N2O2/c1-16(2,3)15(19)18-10-9-17-13(11-18)12-7-5-6-8-14(12)20-4/h5-8,13,17H,9-11H2,1-4H3. The molecule has 1 aromatic rings. The van der Waals surface area contributed by atoms with Gasteiger partial charge in [-0.15, -0.1) is 0 Å². The SMILES string of the molecule is COc1ccccc1C1CN(C(=O)C(C)(C)C)CCN1. The molecule has 1 saturated heterocycles. The largest absolute Gasteiger partial charge is 0.496 e. The molecule has 0 bridgehead atoms. The summed E-state index contributed by atoms with van der Waals surface area (Å²) in [5, 5.41) is 3.47. The third-order valence-corrected chi connectivity index (χ3v) is 3.62. The van der Waals surface area contributed by atoms with Crippen LogP contribution in [0.15, 0.2) is 24.3 Å². The van der Waals surface area contributed by atoms with Gasteiger partial charge in [0.05, 0.1) is 13.2 Å². The number of rotatable bonds is 2. The van der Waals surface area contributed by atoms with E-state index in [4.69, 9.17) is 4.74 Å². The molecule has 0 aromatic heterocycles. The van der Waals surface area contributed by atoms with Gasteiger partial charge in [-0.3, -0.25) is 4.79 Å². The van der Waals surface area contributed by atoms with Crippen molar-refractivity contribution in [1.29, 1.82) is 0 Å². The molecule has 1 atom stereocenters. The third-order valence-electron chi connectivity index (χ3n) is 3.62. The van der Waals surface area contributed by atoms with E-state index in [-0.39, 0.29) is 17.4 Å². The minimum absolute atomic E-state index is 0.131. The first-order chi connectivity index (χ1) is 9.43. The molecule has 0 radical (unpaired) electrons. The zero-order chi connectivity index (χ0) is 14.8. The van der Waals surface area contributed by atoms with Gasteiger partial charge in [-0.25, -0.2) is 0 Å². The van der Waals surface area contributed by atoms with Crippen LogP contribution >= 0.6 is 0 Å². The first kappa shape index (κ1) is 14.9. The molecular formula is C16H24N2O2. The Balaban J connectivity index is 2.17. The normalized spacial score (nSPS) is 19.8. The van der Waals surface area contributed by atoms with Crippen LogP contribution in [0.2, 0.25) is 0 Å². The van der Waals surface area contributed by atoms with Gasteiger partial charge in [0, 0.05) is 30.6 Å². The highest BCUT2D eigenvalue weighted by Gasteiger charge is 2.31. The van der Waals surface area contributed by atoms with E-state index >= 15 is 0 Å². The summed E-state index contributed by atoms with van der Waals surface area (Å²) in [5.41, 5.74) is 0.782. The van der Waals surface area contributed by atoms with Crippen molar-refractivity contribution in [2.45, 2.75) is 26.8 Å². The van der Waals surface area contributed by atoms with Gasteiger partial charge in [-0.2, -0.15) is 0 Å². The minimum Gasteiger partial charge on any atom is -0.496 e. The topological polar surface area (TPSA) is 41.6 Å². The van der Waals surface area contributed by atoms with Crippen molar-refractivity contribution in [3.8, 4) is 5.75 Å². The van der Waals surface area contributed by atoms with E-state index in [1.54, 1.807) is 7.11 Å². The van der Waals surface area contributed by atoms with Gasteiger partial charge in [0.25, 0.3) is 0 Å². The van der Waals surface area contributed by atoms with E-state index < -0.39 is 0 Å². The summed E-state index contributed by atoms with van der Waals surface area (Å²) >= 11 is 0. The molecule has 0 spiro atoms. The average Bonchev–Trinajstić information content (AvgIpc) is 2.45. The lowest BCUT2D eigenvalue weighted by molar-refractivity contribution is -0.140. The van der Waals surface area contributed by atoms with E-state index in [0.29, 0.717) is 6.54 Å². The fourth-order valence-electron chi connectivity index (χ4n) is 2.57. The highest BCUT2D eigenvalue weighted by molar-refractivity contribution is 5.81. The number of hydrogen-bond donors (Lipinski definition) is 1. The number of carbonyl (C=O) groups is 1. The maximum atomic E-state index is 12.4.